The van der Waals surface area contributed by atoms with Crippen LogP contribution in [0.5, 0.6) is 0 Å². The highest BCUT2D eigenvalue weighted by Crippen LogP contribution is 2.59. The average molecular weight is 371 g/mol. The van der Waals surface area contributed by atoms with E-state index in [2.05, 4.69) is 0 Å². The second-order valence-corrected chi connectivity index (χ2v) is 9.11. The Bertz CT molecular complexity index is 940. The zero-order valence-corrected chi connectivity index (χ0v) is 15.3. The van der Waals surface area contributed by atoms with Gasteiger partial charge in [0.1, 0.15) is 11.6 Å². The molecule has 2 aliphatic rings. The second-order valence-electron chi connectivity index (χ2n) is 7.25. The molecule has 0 unspecified atom stereocenters. The molecule has 2 aromatic rings. The molecule has 0 spiro atoms. The van der Waals surface area contributed by atoms with Crippen LogP contribution >= 0.6 is 0 Å². The maximum atomic E-state index is 13.4. The smallest absolute Gasteiger partial charge is 0.244 e. The van der Waals surface area contributed by atoms with E-state index in [1.165, 1.54) is 4.31 Å². The van der Waals surface area contributed by atoms with E-state index in [9.17, 15) is 18.3 Å². The number of nitrogens with zero attached hydrogens (tertiary/aromatic N) is 1. The molecule has 0 aliphatic heterocycles. The largest absolute Gasteiger partial charge is 0.385 e. The number of aliphatic hydroxyl groups is 1. The highest BCUT2D eigenvalue weighted by molar-refractivity contribution is 7.89. The number of rotatable bonds is 5. The SMILES string of the molecule is Cc1ccc(S(=O)(=O)N(Cc2ccccc2)[C@@]23C[C@@H]2C[C@H](O)C3=O)cc1. The molecule has 5 nitrogen and oxygen atoms in total. The van der Waals surface area contributed by atoms with Gasteiger partial charge in [-0.3, -0.25) is 4.79 Å². The van der Waals surface area contributed by atoms with E-state index in [-0.39, 0.29) is 23.1 Å². The van der Waals surface area contributed by atoms with Gasteiger partial charge in [-0.1, -0.05) is 48.0 Å². The molecule has 2 aromatic carbocycles. The molecule has 6 heteroatoms. The van der Waals surface area contributed by atoms with Crippen LogP contribution in [0.4, 0.5) is 0 Å². The number of ketones is 1. The van der Waals surface area contributed by atoms with Crippen molar-refractivity contribution in [1.82, 2.24) is 4.31 Å². The molecule has 3 atom stereocenters. The van der Waals surface area contributed by atoms with Gasteiger partial charge in [-0.2, -0.15) is 4.31 Å². The lowest BCUT2D eigenvalue weighted by atomic mass is 10.1. The lowest BCUT2D eigenvalue weighted by Crippen LogP contribution is -2.48. The van der Waals surface area contributed by atoms with Crippen molar-refractivity contribution < 1.29 is 18.3 Å². The fraction of sp³-hybridized carbons (Fsp3) is 0.350. The van der Waals surface area contributed by atoms with E-state index in [4.69, 9.17) is 0 Å². The number of hydrogen-bond acceptors (Lipinski definition) is 4. The van der Waals surface area contributed by atoms with E-state index >= 15 is 0 Å². The number of fused-ring (bicyclic) bond motifs is 1. The van der Waals surface area contributed by atoms with Crippen LogP contribution in [0, 0.1) is 12.8 Å². The Kier molecular flexibility index (Phi) is 4.02. The monoisotopic (exact) mass is 371 g/mol. The van der Waals surface area contributed by atoms with Gasteiger partial charge in [-0.05, 0) is 43.4 Å². The summed E-state index contributed by atoms with van der Waals surface area (Å²) in [6.45, 7) is 2.01. The summed E-state index contributed by atoms with van der Waals surface area (Å²) in [4.78, 5) is 12.9. The Hall–Kier alpha value is -2.02. The van der Waals surface area contributed by atoms with Crippen LogP contribution in [0.25, 0.3) is 0 Å². The van der Waals surface area contributed by atoms with E-state index in [0.717, 1.165) is 11.1 Å². The van der Waals surface area contributed by atoms with Crippen molar-refractivity contribution in [2.75, 3.05) is 0 Å². The minimum Gasteiger partial charge on any atom is -0.385 e. The van der Waals surface area contributed by atoms with Crippen molar-refractivity contribution >= 4 is 15.8 Å². The zero-order chi connectivity index (χ0) is 18.5. The van der Waals surface area contributed by atoms with Crippen LogP contribution in [0.3, 0.4) is 0 Å². The van der Waals surface area contributed by atoms with Crippen molar-refractivity contribution in [1.29, 1.82) is 0 Å². The van der Waals surface area contributed by atoms with Gasteiger partial charge in [0.25, 0.3) is 0 Å². The summed E-state index contributed by atoms with van der Waals surface area (Å²) in [6, 6.07) is 15.9. The van der Waals surface area contributed by atoms with E-state index < -0.39 is 21.7 Å². The van der Waals surface area contributed by atoms with Crippen molar-refractivity contribution in [3.8, 4) is 0 Å². The van der Waals surface area contributed by atoms with Gasteiger partial charge < -0.3 is 5.11 Å². The second kappa shape index (κ2) is 6.01. The third-order valence-corrected chi connectivity index (χ3v) is 7.44. The summed E-state index contributed by atoms with van der Waals surface area (Å²) < 4.78 is 28.1. The number of sulfonamides is 1. The Morgan fingerprint density at radius 2 is 1.77 bits per heavy atom. The van der Waals surface area contributed by atoms with E-state index in [0.29, 0.717) is 12.8 Å². The summed E-state index contributed by atoms with van der Waals surface area (Å²) >= 11 is 0. The summed E-state index contributed by atoms with van der Waals surface area (Å²) in [7, 11) is -3.87. The lowest BCUT2D eigenvalue weighted by molar-refractivity contribution is -0.129. The molecular formula is C20H21NO4S. The first kappa shape index (κ1) is 17.4. The minimum absolute atomic E-state index is 0.103. The lowest BCUT2D eigenvalue weighted by Gasteiger charge is -2.29. The highest BCUT2D eigenvalue weighted by Gasteiger charge is 2.71. The number of benzene rings is 2. The third-order valence-electron chi connectivity index (χ3n) is 5.53. The molecule has 2 aliphatic carbocycles. The Morgan fingerprint density at radius 3 is 2.35 bits per heavy atom. The van der Waals surface area contributed by atoms with Crippen LogP contribution in [-0.2, 0) is 21.4 Å². The first-order valence-corrected chi connectivity index (χ1v) is 10.2. The molecule has 2 saturated carbocycles. The zero-order valence-electron chi connectivity index (χ0n) is 14.5. The first-order valence-electron chi connectivity index (χ1n) is 8.71. The van der Waals surface area contributed by atoms with Crippen molar-refractivity contribution in [2.24, 2.45) is 5.92 Å². The standard InChI is InChI=1S/C20H21NO4S/c1-14-7-9-17(10-8-14)26(24,25)21(13-15-5-3-2-4-6-15)20-12-16(20)11-18(22)19(20)23/h2-10,16,18,22H,11-13H2,1H3/t16-,18-,20-/m0/s1. The number of Topliss-reactive ketones (excluding diaryl/α,β-unsaturated/α-hetero) is 1. The molecule has 26 heavy (non-hydrogen) atoms. The quantitative estimate of drug-likeness (QED) is 0.875. The number of aryl methyl sites for hydroxylation is 1. The van der Waals surface area contributed by atoms with Gasteiger partial charge in [0.15, 0.2) is 5.78 Å². The summed E-state index contributed by atoms with van der Waals surface area (Å²) in [5.74, 6) is -0.469. The minimum atomic E-state index is -3.87. The van der Waals surface area contributed by atoms with Gasteiger partial charge in [-0.25, -0.2) is 8.42 Å². The van der Waals surface area contributed by atoms with Gasteiger partial charge in [-0.15, -0.1) is 0 Å². The van der Waals surface area contributed by atoms with Crippen LogP contribution in [0.2, 0.25) is 0 Å². The van der Waals surface area contributed by atoms with Gasteiger partial charge in [0.05, 0.1) is 4.90 Å². The molecule has 2 fully saturated rings. The van der Waals surface area contributed by atoms with Gasteiger partial charge >= 0.3 is 0 Å². The summed E-state index contributed by atoms with van der Waals surface area (Å²) in [5.41, 5.74) is 0.685. The molecule has 0 aromatic heterocycles. The Morgan fingerprint density at radius 1 is 1.12 bits per heavy atom. The molecular weight excluding hydrogens is 350 g/mol. The van der Waals surface area contributed by atoms with Crippen molar-refractivity contribution in [3.63, 3.8) is 0 Å². The van der Waals surface area contributed by atoms with Crippen LogP contribution in [0.1, 0.15) is 24.0 Å². The maximum absolute atomic E-state index is 13.4. The van der Waals surface area contributed by atoms with E-state index in [1.807, 2.05) is 37.3 Å². The molecule has 0 saturated heterocycles. The molecule has 0 radical (unpaired) electrons. The van der Waals surface area contributed by atoms with Crippen molar-refractivity contribution in [3.05, 3.63) is 65.7 Å². The van der Waals surface area contributed by atoms with Crippen LogP contribution in [-0.4, -0.2) is 35.3 Å². The fourth-order valence-electron chi connectivity index (χ4n) is 4.02. The Labute approximate surface area is 153 Å². The number of carbonyl (C=O) groups excluding carboxylic acids is 1. The van der Waals surface area contributed by atoms with Crippen molar-refractivity contribution in [2.45, 2.75) is 42.8 Å². The molecule has 0 amide bonds. The average Bonchev–Trinajstić information content (AvgIpc) is 3.28. The maximum Gasteiger partial charge on any atom is 0.244 e. The molecule has 136 valence electrons. The van der Waals surface area contributed by atoms with E-state index in [1.54, 1.807) is 24.3 Å². The normalized spacial score (nSPS) is 27.6. The van der Waals surface area contributed by atoms with Crippen LogP contribution < -0.4 is 0 Å². The summed E-state index contributed by atoms with van der Waals surface area (Å²) in [5, 5.41) is 9.98. The molecule has 1 N–H and O–H groups in total. The highest BCUT2D eigenvalue weighted by atomic mass is 32.2. The van der Waals surface area contributed by atoms with Gasteiger partial charge in [0, 0.05) is 6.54 Å². The summed E-state index contributed by atoms with van der Waals surface area (Å²) in [6.07, 6.45) is -0.241. The number of carbonyl (C=O) groups is 1. The van der Waals surface area contributed by atoms with Crippen LogP contribution in [0.15, 0.2) is 59.5 Å². The molecule has 0 heterocycles. The molecule has 4 rings (SSSR count). The van der Waals surface area contributed by atoms with Gasteiger partial charge in [0.2, 0.25) is 10.0 Å². The topological polar surface area (TPSA) is 74.7 Å². The fourth-order valence-corrected chi connectivity index (χ4v) is 5.81. The Balaban J connectivity index is 1.79. The number of hydrogen-bond donors (Lipinski definition) is 1. The molecule has 0 bridgehead atoms. The third kappa shape index (κ3) is 2.60. The predicted octanol–water partition coefficient (Wildman–Crippen LogP) is 2.28. The number of aliphatic hydroxyl groups excluding tert-OH is 1. The predicted molar refractivity (Wildman–Crippen MR) is 96.8 cm³/mol. The first-order chi connectivity index (χ1) is 12.4.